The van der Waals surface area contributed by atoms with Crippen molar-refractivity contribution >= 4 is 77.5 Å². The highest BCUT2D eigenvalue weighted by Gasteiger charge is 2.47. The molecule has 4 heteroatoms. The second-order valence-corrected chi connectivity index (χ2v) is 24.9. The lowest BCUT2D eigenvalue weighted by Gasteiger charge is -2.39. The maximum atomic E-state index is 2.62. The zero-order chi connectivity index (χ0) is 49.2. The number of benzene rings is 9. The lowest BCUT2D eigenvalue weighted by atomic mass is 10.0. The Hall–Kier alpha value is -8.18. The Morgan fingerprint density at radius 3 is 0.986 bits per heavy atom. The van der Waals surface area contributed by atoms with E-state index < -0.39 is 8.07 Å². The van der Waals surface area contributed by atoms with E-state index in [1.807, 2.05) is 0 Å². The van der Waals surface area contributed by atoms with E-state index in [-0.39, 0.29) is 0 Å². The van der Waals surface area contributed by atoms with Gasteiger partial charge in [0.05, 0.1) is 25.1 Å². The molecule has 0 N–H and O–H groups in total. The maximum absolute atomic E-state index is 2.62. The monoisotopic (exact) mass is 947 g/mol. The van der Waals surface area contributed by atoms with Crippen LogP contribution in [0.1, 0.15) is 65.2 Å². The van der Waals surface area contributed by atoms with E-state index in [0.29, 0.717) is 11.1 Å². The van der Waals surface area contributed by atoms with Crippen molar-refractivity contribution in [1.82, 2.24) is 0 Å². The molecule has 3 aliphatic rings. The summed E-state index contributed by atoms with van der Waals surface area (Å²) in [6.07, 6.45) is 8.30. The van der Waals surface area contributed by atoms with Crippen molar-refractivity contribution in [3.05, 3.63) is 287 Å². The van der Waals surface area contributed by atoms with Crippen molar-refractivity contribution in [2.75, 3.05) is 14.7 Å². The minimum Gasteiger partial charge on any atom is -0.310 e. The predicted octanol–water partition coefficient (Wildman–Crippen LogP) is 19.2. The quantitative estimate of drug-likeness (QED) is 0.120. The molecule has 0 saturated carbocycles. The van der Waals surface area contributed by atoms with Crippen molar-refractivity contribution in [2.24, 2.45) is 0 Å². The van der Waals surface area contributed by atoms with Gasteiger partial charge in [0.1, 0.15) is 0 Å². The molecule has 3 nitrogen and oxygen atoms in total. The van der Waals surface area contributed by atoms with E-state index in [2.05, 4.69) is 303 Å². The van der Waals surface area contributed by atoms with Gasteiger partial charge in [-0.3, -0.25) is 0 Å². The molecule has 0 spiro atoms. The van der Waals surface area contributed by atoms with Gasteiger partial charge < -0.3 is 14.7 Å². The Balaban J connectivity index is 0.000000203. The highest BCUT2D eigenvalue weighted by Crippen LogP contribution is 2.56. The van der Waals surface area contributed by atoms with Gasteiger partial charge in [0.15, 0.2) is 0 Å². The van der Waals surface area contributed by atoms with Crippen LogP contribution in [-0.2, 0) is 6.42 Å². The summed E-state index contributed by atoms with van der Waals surface area (Å²) in [6.45, 7) is 12.2. The molecule has 0 amide bonds. The summed E-state index contributed by atoms with van der Waals surface area (Å²) in [5, 5.41) is 0. The van der Waals surface area contributed by atoms with E-state index in [0.717, 1.165) is 6.42 Å². The fourth-order valence-corrected chi connectivity index (χ4v) is 17.0. The molecule has 72 heavy (non-hydrogen) atoms. The molecule has 3 aliphatic carbocycles. The molecule has 0 bridgehead atoms. The molecular weight excluding hydrogens is 887 g/mol. The van der Waals surface area contributed by atoms with Crippen LogP contribution in [0.25, 0.3) is 18.2 Å². The average Bonchev–Trinajstić information content (AvgIpc) is 4.11. The fourth-order valence-electron chi connectivity index (χ4n) is 12.1. The standard InChI is InChI=1S/C46H42N2Si.C22H19N/c1-33-31-41-39(27-17-29-43(41)47(35-19-9-5-10-20-35)36-21-11-6-12-22-36)45(33)49(3,4)46-34(2)32-42-40(46)28-18-30-44(42)48(37-23-13-7-14-24-37)38-25-15-8-16-26-38;1-17-15-18-9-8-14-22(21(18)16-17)23(19-10-4-2-5-11-19)20-12-6-3-7-13-20/h5-32,45-46H,1-4H3;2-15H,16H2,1H3. The zero-order valence-corrected chi connectivity index (χ0v) is 43.0. The van der Waals surface area contributed by atoms with E-state index in [9.17, 15) is 0 Å². The summed E-state index contributed by atoms with van der Waals surface area (Å²) >= 11 is 0. The Labute approximate surface area is 428 Å². The predicted molar refractivity (Wildman–Crippen MR) is 311 cm³/mol. The third-order valence-corrected chi connectivity index (χ3v) is 19.4. The molecule has 0 radical (unpaired) electrons. The van der Waals surface area contributed by atoms with Gasteiger partial charge in [0, 0.05) is 56.3 Å². The molecule has 9 aromatic carbocycles. The van der Waals surface area contributed by atoms with Crippen LogP contribution in [0.3, 0.4) is 0 Å². The molecular formula is C68H61N3Si. The van der Waals surface area contributed by atoms with E-state index >= 15 is 0 Å². The molecule has 0 aliphatic heterocycles. The number of hydrogen-bond donors (Lipinski definition) is 0. The average molecular weight is 948 g/mol. The van der Waals surface area contributed by atoms with Crippen LogP contribution >= 0.6 is 0 Å². The molecule has 2 atom stereocenters. The molecule has 352 valence electrons. The number of rotatable bonds is 11. The van der Waals surface area contributed by atoms with Crippen LogP contribution < -0.4 is 14.7 Å². The van der Waals surface area contributed by atoms with E-state index in [4.69, 9.17) is 0 Å². The van der Waals surface area contributed by atoms with Crippen molar-refractivity contribution in [1.29, 1.82) is 0 Å². The molecule has 0 aromatic heterocycles. The van der Waals surface area contributed by atoms with Crippen LogP contribution in [0.5, 0.6) is 0 Å². The second-order valence-electron chi connectivity index (χ2n) is 20.1. The van der Waals surface area contributed by atoms with Gasteiger partial charge >= 0.3 is 0 Å². The van der Waals surface area contributed by atoms with Crippen LogP contribution in [0.2, 0.25) is 13.1 Å². The number of para-hydroxylation sites is 6. The van der Waals surface area contributed by atoms with Gasteiger partial charge in [0.25, 0.3) is 0 Å². The smallest absolute Gasteiger partial charge is 0.0722 e. The first-order valence-electron chi connectivity index (χ1n) is 25.4. The Morgan fingerprint density at radius 1 is 0.333 bits per heavy atom. The van der Waals surface area contributed by atoms with Gasteiger partial charge in [-0.2, -0.15) is 0 Å². The highest BCUT2D eigenvalue weighted by atomic mass is 28.3. The van der Waals surface area contributed by atoms with Gasteiger partial charge in [-0.15, -0.1) is 0 Å². The second kappa shape index (κ2) is 19.9. The molecule has 0 heterocycles. The van der Waals surface area contributed by atoms with Crippen LogP contribution in [0, 0.1) is 0 Å². The molecule has 0 saturated heterocycles. The summed E-state index contributed by atoms with van der Waals surface area (Å²) in [5.74, 6) is 0. The summed E-state index contributed by atoms with van der Waals surface area (Å²) in [5.41, 5.74) is 24.4. The maximum Gasteiger partial charge on any atom is 0.0722 e. The summed E-state index contributed by atoms with van der Waals surface area (Å²) < 4.78 is 0. The van der Waals surface area contributed by atoms with Crippen LogP contribution in [0.4, 0.5) is 51.2 Å². The molecule has 0 fully saturated rings. The van der Waals surface area contributed by atoms with Crippen LogP contribution in [0.15, 0.2) is 253 Å². The SMILES string of the molecule is CC1=Cc2c(cccc2N(c2ccccc2)c2ccccc2)C1[Si](C)(C)C1C(C)=Cc2c1cccc2N(c1ccccc1)c1ccccc1.CC1=Cc2cccc(N(c3ccccc3)c3ccccc3)c2C1. The van der Waals surface area contributed by atoms with Crippen LogP contribution in [-0.4, -0.2) is 8.07 Å². The minimum absolute atomic E-state index is 0.401. The van der Waals surface area contributed by atoms with Crippen molar-refractivity contribution in [2.45, 2.75) is 51.4 Å². The van der Waals surface area contributed by atoms with Gasteiger partial charge in [-0.25, -0.2) is 0 Å². The first-order valence-corrected chi connectivity index (χ1v) is 28.5. The lowest BCUT2D eigenvalue weighted by Crippen LogP contribution is -2.42. The lowest BCUT2D eigenvalue weighted by molar-refractivity contribution is 0.967. The summed E-state index contributed by atoms with van der Waals surface area (Å²) in [7, 11) is -2.07. The molecule has 9 aromatic rings. The number of fused-ring (bicyclic) bond motifs is 3. The fraction of sp³-hybridized carbons (Fsp3) is 0.118. The number of allylic oxidation sites excluding steroid dienone is 3. The van der Waals surface area contributed by atoms with Gasteiger partial charge in [-0.05, 0) is 140 Å². The minimum atomic E-state index is -2.07. The molecule has 12 rings (SSSR count). The first-order chi connectivity index (χ1) is 35.3. The van der Waals surface area contributed by atoms with E-state index in [1.165, 1.54) is 101 Å². The highest BCUT2D eigenvalue weighted by molar-refractivity contribution is 6.81. The Morgan fingerprint density at radius 2 is 0.639 bits per heavy atom. The largest absolute Gasteiger partial charge is 0.310 e. The van der Waals surface area contributed by atoms with Gasteiger partial charge in [0.2, 0.25) is 0 Å². The number of anilines is 9. The third-order valence-electron chi connectivity index (χ3n) is 14.9. The Kier molecular flexibility index (Phi) is 12.8. The number of nitrogens with zero attached hydrogens (tertiary/aromatic N) is 3. The zero-order valence-electron chi connectivity index (χ0n) is 42.0. The van der Waals surface area contributed by atoms with Crippen molar-refractivity contribution in [3.63, 3.8) is 0 Å². The molecule has 2 unspecified atom stereocenters. The third kappa shape index (κ3) is 8.73. The van der Waals surface area contributed by atoms with Gasteiger partial charge in [-0.1, -0.05) is 194 Å². The summed E-state index contributed by atoms with van der Waals surface area (Å²) in [4.78, 5) is 7.19. The topological polar surface area (TPSA) is 9.72 Å². The summed E-state index contributed by atoms with van der Waals surface area (Å²) in [6, 6.07) is 84.8. The Bertz CT molecular complexity index is 3160. The van der Waals surface area contributed by atoms with E-state index in [1.54, 1.807) is 0 Å². The normalized spacial score (nSPS) is 15.2. The number of hydrogen-bond acceptors (Lipinski definition) is 3. The van der Waals surface area contributed by atoms with Crippen molar-refractivity contribution in [3.8, 4) is 0 Å². The van der Waals surface area contributed by atoms with Crippen molar-refractivity contribution < 1.29 is 0 Å². The first kappa shape index (κ1) is 46.2.